The van der Waals surface area contributed by atoms with Gasteiger partial charge in [0.1, 0.15) is 5.82 Å². The van der Waals surface area contributed by atoms with Gasteiger partial charge in [0.15, 0.2) is 6.29 Å². The van der Waals surface area contributed by atoms with Gasteiger partial charge in [0.2, 0.25) is 5.91 Å². The van der Waals surface area contributed by atoms with Crippen molar-refractivity contribution in [2.24, 2.45) is 0 Å². The van der Waals surface area contributed by atoms with Crippen LogP contribution in [0.3, 0.4) is 0 Å². The van der Waals surface area contributed by atoms with Crippen molar-refractivity contribution >= 4 is 42.2 Å². The molecule has 84 valence electrons. The van der Waals surface area contributed by atoms with Gasteiger partial charge in [0.05, 0.1) is 10.6 Å². The van der Waals surface area contributed by atoms with E-state index in [1.807, 2.05) is 0 Å². The molecule has 1 aliphatic rings. The molecule has 1 saturated heterocycles. The molecule has 0 aromatic carbocycles. The monoisotopic (exact) mass is 256 g/mol. The molecule has 1 aromatic heterocycles. The molecular formula is C10H9ClN2O2S. The summed E-state index contributed by atoms with van der Waals surface area (Å²) in [6.07, 6.45) is 2.45. The van der Waals surface area contributed by atoms with E-state index >= 15 is 0 Å². The van der Waals surface area contributed by atoms with Gasteiger partial charge in [0, 0.05) is 24.4 Å². The van der Waals surface area contributed by atoms with E-state index < -0.39 is 0 Å². The average molecular weight is 257 g/mol. The van der Waals surface area contributed by atoms with Crippen LogP contribution in [0.4, 0.5) is 5.82 Å². The number of rotatable bonds is 2. The minimum atomic E-state index is -0.0853. The zero-order valence-corrected chi connectivity index (χ0v) is 9.91. The van der Waals surface area contributed by atoms with Crippen molar-refractivity contribution in [1.82, 2.24) is 4.98 Å². The van der Waals surface area contributed by atoms with Crippen LogP contribution in [0, 0.1) is 0 Å². The lowest BCUT2D eigenvalue weighted by Crippen LogP contribution is -2.26. The Morgan fingerprint density at radius 2 is 2.38 bits per heavy atom. The summed E-state index contributed by atoms with van der Waals surface area (Å²) in [5.41, 5.74) is 0.250. The maximum Gasteiger partial charge on any atom is 0.229 e. The maximum absolute atomic E-state index is 11.6. The van der Waals surface area contributed by atoms with Gasteiger partial charge in [0.25, 0.3) is 0 Å². The summed E-state index contributed by atoms with van der Waals surface area (Å²) in [4.78, 5) is 28.0. The Labute approximate surface area is 103 Å². The van der Waals surface area contributed by atoms with Crippen LogP contribution in [0.2, 0.25) is 5.02 Å². The minimum Gasteiger partial charge on any atom is -0.298 e. The summed E-state index contributed by atoms with van der Waals surface area (Å²) in [6, 6.07) is 1.52. The Hall–Kier alpha value is -1.07. The number of carbonyl (C=O) groups is 2. The first kappa shape index (κ1) is 11.4. The van der Waals surface area contributed by atoms with Crippen LogP contribution >= 0.6 is 24.2 Å². The van der Waals surface area contributed by atoms with E-state index in [4.69, 9.17) is 11.6 Å². The van der Waals surface area contributed by atoms with Crippen molar-refractivity contribution < 1.29 is 9.59 Å². The number of hydrogen-bond acceptors (Lipinski definition) is 4. The number of aromatic nitrogens is 1. The summed E-state index contributed by atoms with van der Waals surface area (Å²) < 4.78 is 0. The number of thiol groups is 1. The molecule has 1 aliphatic heterocycles. The number of carbonyl (C=O) groups excluding carboxylic acids is 2. The van der Waals surface area contributed by atoms with E-state index in [2.05, 4.69) is 17.6 Å². The predicted octanol–water partition coefficient (Wildman–Crippen LogP) is 1.58. The van der Waals surface area contributed by atoms with Crippen molar-refractivity contribution in [3.8, 4) is 0 Å². The first-order chi connectivity index (χ1) is 7.63. The first-order valence-corrected chi connectivity index (χ1v) is 5.61. The smallest absolute Gasteiger partial charge is 0.229 e. The van der Waals surface area contributed by atoms with Crippen molar-refractivity contribution in [1.29, 1.82) is 0 Å². The fraction of sp³-hybridized carbons (Fsp3) is 0.300. The Balaban J connectivity index is 2.44. The zero-order chi connectivity index (χ0) is 11.7. The molecule has 0 radical (unpaired) electrons. The van der Waals surface area contributed by atoms with Crippen LogP contribution in [-0.4, -0.2) is 29.0 Å². The molecule has 2 heterocycles. The third kappa shape index (κ3) is 1.92. The molecule has 0 aliphatic carbocycles. The molecule has 1 amide bonds. The highest BCUT2D eigenvalue weighted by Crippen LogP contribution is 2.28. The lowest BCUT2D eigenvalue weighted by Gasteiger charge is -2.16. The van der Waals surface area contributed by atoms with Gasteiger partial charge in [-0.15, -0.1) is 0 Å². The molecule has 1 atom stereocenters. The topological polar surface area (TPSA) is 50.3 Å². The fourth-order valence-corrected chi connectivity index (χ4v) is 2.16. The number of amides is 1. The second-order valence-corrected chi connectivity index (χ2v) is 4.65. The summed E-state index contributed by atoms with van der Waals surface area (Å²) in [7, 11) is 0. The standard InChI is InChI=1S/C10H9ClN2O2S/c11-8-1-2-12-10(7(8)5-14)13-4-6(16)3-9(13)15/h1-2,5-6,16H,3-4H2. The van der Waals surface area contributed by atoms with Gasteiger partial charge in [-0.25, -0.2) is 4.98 Å². The van der Waals surface area contributed by atoms with E-state index in [1.165, 1.54) is 17.2 Å². The number of halogens is 1. The summed E-state index contributed by atoms with van der Waals surface area (Å²) in [5, 5.41) is 0.281. The highest BCUT2D eigenvalue weighted by atomic mass is 35.5. The third-order valence-corrected chi connectivity index (χ3v) is 3.07. The molecule has 1 aromatic rings. The zero-order valence-electron chi connectivity index (χ0n) is 8.26. The number of pyridine rings is 1. The van der Waals surface area contributed by atoms with Crippen molar-refractivity contribution in [3.05, 3.63) is 22.8 Å². The van der Waals surface area contributed by atoms with E-state index in [9.17, 15) is 9.59 Å². The Morgan fingerprint density at radius 3 is 2.94 bits per heavy atom. The number of anilines is 1. The largest absolute Gasteiger partial charge is 0.298 e. The molecule has 0 spiro atoms. The first-order valence-electron chi connectivity index (χ1n) is 4.71. The molecule has 0 saturated carbocycles. The molecule has 1 unspecified atom stereocenters. The van der Waals surface area contributed by atoms with Crippen LogP contribution in [0.25, 0.3) is 0 Å². The lowest BCUT2D eigenvalue weighted by molar-refractivity contribution is -0.117. The highest BCUT2D eigenvalue weighted by Gasteiger charge is 2.31. The van der Waals surface area contributed by atoms with Crippen LogP contribution in [-0.2, 0) is 4.79 Å². The molecule has 6 heteroatoms. The Morgan fingerprint density at radius 1 is 1.62 bits per heavy atom. The molecule has 16 heavy (non-hydrogen) atoms. The van der Waals surface area contributed by atoms with Crippen molar-refractivity contribution in [2.75, 3.05) is 11.4 Å². The van der Waals surface area contributed by atoms with Crippen LogP contribution < -0.4 is 4.90 Å². The van der Waals surface area contributed by atoms with Gasteiger partial charge in [-0.1, -0.05) is 11.6 Å². The highest BCUT2D eigenvalue weighted by molar-refractivity contribution is 7.81. The fourth-order valence-electron chi connectivity index (χ4n) is 1.66. The third-order valence-electron chi connectivity index (χ3n) is 2.39. The Bertz CT molecular complexity index is 452. The number of aldehydes is 1. The van der Waals surface area contributed by atoms with E-state index in [1.54, 1.807) is 0 Å². The summed E-state index contributed by atoms with van der Waals surface area (Å²) >= 11 is 10.1. The van der Waals surface area contributed by atoms with Gasteiger partial charge >= 0.3 is 0 Å². The van der Waals surface area contributed by atoms with E-state index in [-0.39, 0.29) is 16.7 Å². The predicted molar refractivity (Wildman–Crippen MR) is 64.4 cm³/mol. The Kier molecular flexibility index (Phi) is 3.16. The summed E-state index contributed by atoms with van der Waals surface area (Å²) in [6.45, 7) is 0.454. The van der Waals surface area contributed by atoms with Crippen LogP contribution in [0.15, 0.2) is 12.3 Å². The van der Waals surface area contributed by atoms with Crippen molar-refractivity contribution in [2.45, 2.75) is 11.7 Å². The van der Waals surface area contributed by atoms with E-state index in [0.29, 0.717) is 30.1 Å². The molecule has 2 rings (SSSR count). The molecule has 1 fully saturated rings. The van der Waals surface area contributed by atoms with Crippen LogP contribution in [0.1, 0.15) is 16.8 Å². The van der Waals surface area contributed by atoms with Gasteiger partial charge in [-0.2, -0.15) is 12.6 Å². The lowest BCUT2D eigenvalue weighted by atomic mass is 10.2. The molecular weight excluding hydrogens is 248 g/mol. The van der Waals surface area contributed by atoms with Crippen LogP contribution in [0.5, 0.6) is 0 Å². The molecule has 0 bridgehead atoms. The second kappa shape index (κ2) is 4.43. The second-order valence-electron chi connectivity index (χ2n) is 3.51. The van der Waals surface area contributed by atoms with Gasteiger partial charge in [-0.3, -0.25) is 14.5 Å². The quantitative estimate of drug-likeness (QED) is 0.646. The van der Waals surface area contributed by atoms with E-state index in [0.717, 1.165) is 0 Å². The SMILES string of the molecule is O=Cc1c(Cl)ccnc1N1CC(S)CC1=O. The normalized spacial score (nSPS) is 20.2. The van der Waals surface area contributed by atoms with Gasteiger partial charge < -0.3 is 0 Å². The number of nitrogens with zero attached hydrogens (tertiary/aromatic N) is 2. The van der Waals surface area contributed by atoms with Crippen molar-refractivity contribution in [3.63, 3.8) is 0 Å². The minimum absolute atomic E-state index is 0.0206. The molecule has 4 nitrogen and oxygen atoms in total. The molecule has 0 N–H and O–H groups in total. The maximum atomic E-state index is 11.6. The average Bonchev–Trinajstić information content (AvgIpc) is 2.57. The van der Waals surface area contributed by atoms with Gasteiger partial charge in [-0.05, 0) is 6.07 Å². The summed E-state index contributed by atoms with van der Waals surface area (Å²) in [5.74, 6) is 0.238. The number of hydrogen-bond donors (Lipinski definition) is 1.